The highest BCUT2D eigenvalue weighted by molar-refractivity contribution is 7.89. The SMILES string of the molecule is Cc1nn(C)c(Cl)c1S(=O)(=O)NC1CCOC2(CCOCC2)C1. The molecule has 0 amide bonds. The first-order chi connectivity index (χ1) is 10.8. The van der Waals surface area contributed by atoms with E-state index in [0.29, 0.717) is 38.4 Å². The molecule has 7 nitrogen and oxygen atoms in total. The minimum atomic E-state index is -3.71. The summed E-state index contributed by atoms with van der Waals surface area (Å²) >= 11 is 6.10. The van der Waals surface area contributed by atoms with Crippen LogP contribution in [-0.4, -0.2) is 49.7 Å². The molecule has 1 aromatic heterocycles. The van der Waals surface area contributed by atoms with E-state index in [1.165, 1.54) is 4.68 Å². The number of halogens is 1. The summed E-state index contributed by atoms with van der Waals surface area (Å²) in [6.45, 7) is 3.51. The molecule has 1 unspecified atom stereocenters. The predicted octanol–water partition coefficient (Wildman–Crippen LogP) is 1.39. The Morgan fingerprint density at radius 2 is 2.04 bits per heavy atom. The third kappa shape index (κ3) is 3.41. The summed E-state index contributed by atoms with van der Waals surface area (Å²) in [5, 5.41) is 4.21. The van der Waals surface area contributed by atoms with Gasteiger partial charge in [0.2, 0.25) is 10.0 Å². The smallest absolute Gasteiger partial charge is 0.245 e. The number of rotatable bonds is 3. The molecule has 9 heteroatoms. The summed E-state index contributed by atoms with van der Waals surface area (Å²) in [5.41, 5.74) is 0.134. The second-order valence-electron chi connectivity index (χ2n) is 6.28. The number of nitrogens with zero attached hydrogens (tertiary/aromatic N) is 2. The van der Waals surface area contributed by atoms with Crippen molar-refractivity contribution in [1.29, 1.82) is 0 Å². The maximum atomic E-state index is 12.7. The molecule has 0 aliphatic carbocycles. The van der Waals surface area contributed by atoms with E-state index >= 15 is 0 Å². The number of hydrogen-bond donors (Lipinski definition) is 1. The number of ether oxygens (including phenoxy) is 2. The Hall–Kier alpha value is -0.670. The van der Waals surface area contributed by atoms with Gasteiger partial charge in [-0.1, -0.05) is 11.6 Å². The fourth-order valence-corrected chi connectivity index (χ4v) is 5.44. The molecule has 2 fully saturated rings. The molecular formula is C14H22ClN3O4S. The lowest BCUT2D eigenvalue weighted by atomic mass is 9.84. The molecule has 1 aromatic rings. The van der Waals surface area contributed by atoms with Crippen molar-refractivity contribution in [1.82, 2.24) is 14.5 Å². The van der Waals surface area contributed by atoms with E-state index in [-0.39, 0.29) is 21.7 Å². The largest absolute Gasteiger partial charge is 0.381 e. The van der Waals surface area contributed by atoms with E-state index in [1.807, 2.05) is 0 Å². The first-order valence-corrected chi connectivity index (χ1v) is 9.62. The minimum absolute atomic E-state index is 0.0641. The molecule has 3 heterocycles. The Kier molecular flexibility index (Phi) is 4.72. The van der Waals surface area contributed by atoms with Crippen molar-refractivity contribution in [3.63, 3.8) is 0 Å². The van der Waals surface area contributed by atoms with Crippen molar-refractivity contribution >= 4 is 21.6 Å². The fraction of sp³-hybridized carbons (Fsp3) is 0.786. The van der Waals surface area contributed by atoms with Crippen LogP contribution in [0.1, 0.15) is 31.4 Å². The third-order valence-electron chi connectivity index (χ3n) is 4.59. The van der Waals surface area contributed by atoms with Crippen LogP contribution < -0.4 is 4.72 Å². The molecule has 0 radical (unpaired) electrons. The van der Waals surface area contributed by atoms with E-state index in [9.17, 15) is 8.42 Å². The number of hydrogen-bond acceptors (Lipinski definition) is 5. The van der Waals surface area contributed by atoms with Crippen molar-refractivity contribution < 1.29 is 17.9 Å². The Morgan fingerprint density at radius 1 is 1.35 bits per heavy atom. The zero-order chi connectivity index (χ0) is 16.7. The lowest BCUT2D eigenvalue weighted by Crippen LogP contribution is -2.51. The van der Waals surface area contributed by atoms with E-state index in [2.05, 4.69) is 9.82 Å². The highest BCUT2D eigenvalue weighted by atomic mass is 35.5. The van der Waals surface area contributed by atoms with Crippen LogP contribution in [0, 0.1) is 6.92 Å². The maximum Gasteiger partial charge on any atom is 0.245 e. The highest BCUT2D eigenvalue weighted by Crippen LogP contribution is 2.35. The Bertz CT molecular complexity index is 677. The van der Waals surface area contributed by atoms with Gasteiger partial charge >= 0.3 is 0 Å². The standard InChI is InChI=1S/C14H22ClN3O4S/c1-10-12(13(15)18(2)16-10)23(19,20)17-11-3-6-22-14(9-11)4-7-21-8-5-14/h11,17H,3-9H2,1-2H3. The van der Waals surface area contributed by atoms with Gasteiger partial charge in [0.05, 0.1) is 11.3 Å². The van der Waals surface area contributed by atoms with Gasteiger partial charge in [-0.25, -0.2) is 13.1 Å². The van der Waals surface area contributed by atoms with E-state index in [1.54, 1.807) is 14.0 Å². The summed E-state index contributed by atoms with van der Waals surface area (Å²) in [7, 11) is -2.08. The van der Waals surface area contributed by atoms with Crippen LogP contribution in [0.5, 0.6) is 0 Å². The van der Waals surface area contributed by atoms with Gasteiger partial charge in [0, 0.05) is 32.9 Å². The Balaban J connectivity index is 1.77. The minimum Gasteiger partial charge on any atom is -0.381 e. The monoisotopic (exact) mass is 363 g/mol. The molecule has 2 aliphatic heterocycles. The number of aryl methyl sites for hydroxylation is 2. The van der Waals surface area contributed by atoms with Crippen molar-refractivity contribution in [2.45, 2.75) is 49.1 Å². The molecule has 1 atom stereocenters. The first-order valence-electron chi connectivity index (χ1n) is 7.76. The Morgan fingerprint density at radius 3 is 2.65 bits per heavy atom. The zero-order valence-electron chi connectivity index (χ0n) is 13.3. The van der Waals surface area contributed by atoms with Crippen LogP contribution >= 0.6 is 11.6 Å². The van der Waals surface area contributed by atoms with Gasteiger partial charge in [-0.15, -0.1) is 0 Å². The quantitative estimate of drug-likeness (QED) is 0.877. The summed E-state index contributed by atoms with van der Waals surface area (Å²) in [4.78, 5) is 0.0641. The second kappa shape index (κ2) is 6.33. The summed E-state index contributed by atoms with van der Waals surface area (Å²) in [6.07, 6.45) is 2.92. The van der Waals surface area contributed by atoms with E-state index < -0.39 is 10.0 Å². The molecular weight excluding hydrogens is 342 g/mol. The molecule has 1 N–H and O–H groups in total. The van der Waals surface area contributed by atoms with Crippen LogP contribution in [0.2, 0.25) is 5.15 Å². The molecule has 0 aromatic carbocycles. The third-order valence-corrected chi connectivity index (χ3v) is 6.80. The van der Waals surface area contributed by atoms with Gasteiger partial charge in [-0.3, -0.25) is 4.68 Å². The average molecular weight is 364 g/mol. The van der Waals surface area contributed by atoms with Crippen LogP contribution in [0.15, 0.2) is 4.90 Å². The van der Waals surface area contributed by atoms with Gasteiger partial charge in [-0.2, -0.15) is 5.10 Å². The number of sulfonamides is 1. The average Bonchev–Trinajstić information content (AvgIpc) is 2.73. The van der Waals surface area contributed by atoms with Gasteiger partial charge < -0.3 is 9.47 Å². The summed E-state index contributed by atoms with van der Waals surface area (Å²) in [5.74, 6) is 0. The first kappa shape index (κ1) is 17.2. The van der Waals surface area contributed by atoms with Crippen molar-refractivity contribution in [3.05, 3.63) is 10.8 Å². The molecule has 0 bridgehead atoms. The van der Waals surface area contributed by atoms with Crippen LogP contribution in [0.3, 0.4) is 0 Å². The fourth-order valence-electron chi connectivity index (χ4n) is 3.41. The summed E-state index contributed by atoms with van der Waals surface area (Å²) in [6, 6.07) is -0.164. The van der Waals surface area contributed by atoms with Gasteiger partial charge in [0.15, 0.2) is 0 Å². The lowest BCUT2D eigenvalue weighted by Gasteiger charge is -2.43. The van der Waals surface area contributed by atoms with Crippen molar-refractivity contribution in [3.8, 4) is 0 Å². The number of aromatic nitrogens is 2. The number of nitrogens with one attached hydrogen (secondary N) is 1. The Labute approximate surface area is 141 Å². The molecule has 1 spiro atoms. The van der Waals surface area contributed by atoms with Crippen LogP contribution in [0.4, 0.5) is 0 Å². The maximum absolute atomic E-state index is 12.7. The molecule has 0 saturated carbocycles. The molecule has 3 rings (SSSR count). The molecule has 130 valence electrons. The second-order valence-corrected chi connectivity index (χ2v) is 8.29. The van der Waals surface area contributed by atoms with Crippen LogP contribution in [-0.2, 0) is 26.5 Å². The molecule has 2 saturated heterocycles. The van der Waals surface area contributed by atoms with Crippen LogP contribution in [0.25, 0.3) is 0 Å². The van der Waals surface area contributed by atoms with Crippen molar-refractivity contribution in [2.75, 3.05) is 19.8 Å². The van der Waals surface area contributed by atoms with E-state index in [0.717, 1.165) is 12.8 Å². The normalized spacial score (nSPS) is 24.9. The van der Waals surface area contributed by atoms with Crippen molar-refractivity contribution in [2.24, 2.45) is 7.05 Å². The van der Waals surface area contributed by atoms with Gasteiger partial charge in [-0.05, 0) is 32.6 Å². The highest BCUT2D eigenvalue weighted by Gasteiger charge is 2.40. The molecule has 2 aliphatic rings. The van der Waals surface area contributed by atoms with Gasteiger partial charge in [0.25, 0.3) is 0 Å². The molecule has 23 heavy (non-hydrogen) atoms. The summed E-state index contributed by atoms with van der Waals surface area (Å²) < 4.78 is 40.9. The predicted molar refractivity (Wildman–Crippen MR) is 85.0 cm³/mol. The topological polar surface area (TPSA) is 82.5 Å². The zero-order valence-corrected chi connectivity index (χ0v) is 14.9. The lowest BCUT2D eigenvalue weighted by molar-refractivity contribution is -0.138. The van der Waals surface area contributed by atoms with E-state index in [4.69, 9.17) is 21.1 Å². The van der Waals surface area contributed by atoms with Gasteiger partial charge in [0.1, 0.15) is 10.0 Å².